The predicted molar refractivity (Wildman–Crippen MR) is 79.0 cm³/mol. The van der Waals surface area contributed by atoms with Crippen molar-refractivity contribution in [3.63, 3.8) is 0 Å². The van der Waals surface area contributed by atoms with Crippen LogP contribution < -0.4 is 5.32 Å². The van der Waals surface area contributed by atoms with Crippen LogP contribution in [0.3, 0.4) is 0 Å². The largest absolute Gasteiger partial charge is 0.481 e. The molecular formula is C15H17N3O4. The second-order valence-corrected chi connectivity index (χ2v) is 5.03. The number of pyridine rings is 1. The lowest BCUT2D eigenvalue weighted by Crippen LogP contribution is -2.28. The molecule has 0 spiro atoms. The van der Waals surface area contributed by atoms with Crippen LogP contribution in [0.15, 0.2) is 24.5 Å². The van der Waals surface area contributed by atoms with E-state index in [9.17, 15) is 14.4 Å². The first-order valence-corrected chi connectivity index (χ1v) is 6.88. The highest BCUT2D eigenvalue weighted by Crippen LogP contribution is 2.17. The average molecular weight is 303 g/mol. The summed E-state index contributed by atoms with van der Waals surface area (Å²) in [6.45, 7) is 0.672. The molecule has 0 aromatic carbocycles. The minimum Gasteiger partial charge on any atom is -0.481 e. The lowest BCUT2D eigenvalue weighted by atomic mass is 10.1. The van der Waals surface area contributed by atoms with Gasteiger partial charge in [0.05, 0.1) is 11.5 Å². The van der Waals surface area contributed by atoms with Gasteiger partial charge in [0, 0.05) is 38.6 Å². The van der Waals surface area contributed by atoms with Gasteiger partial charge in [-0.2, -0.15) is 0 Å². The summed E-state index contributed by atoms with van der Waals surface area (Å²) < 4.78 is 0. The van der Waals surface area contributed by atoms with Gasteiger partial charge < -0.3 is 15.3 Å². The minimum atomic E-state index is -0.873. The number of hydrogen-bond donors (Lipinski definition) is 2. The highest BCUT2D eigenvalue weighted by molar-refractivity contribution is 5.95. The normalized spacial score (nSPS) is 17.7. The summed E-state index contributed by atoms with van der Waals surface area (Å²) in [5.41, 5.74) is 1.03. The van der Waals surface area contributed by atoms with Crippen molar-refractivity contribution in [2.24, 2.45) is 5.92 Å². The molecule has 0 aliphatic carbocycles. The molecule has 2 heterocycles. The molecule has 22 heavy (non-hydrogen) atoms. The Morgan fingerprint density at radius 3 is 2.82 bits per heavy atom. The average Bonchev–Trinajstić information content (AvgIpc) is 3.02. The Hall–Kier alpha value is -2.70. The van der Waals surface area contributed by atoms with Crippen molar-refractivity contribution in [2.45, 2.75) is 6.42 Å². The third-order valence-electron chi connectivity index (χ3n) is 3.52. The Balaban J connectivity index is 2.01. The molecule has 1 aliphatic rings. The molecule has 2 amide bonds. The lowest BCUT2D eigenvalue weighted by molar-refractivity contribution is -0.141. The number of carboxylic acids is 1. The molecule has 7 nitrogen and oxygen atoms in total. The number of carbonyl (C=O) groups excluding carboxylic acids is 2. The SMILES string of the molecule is CNC(=O)c1cncc(C=CC(=O)N2CCC(C(=O)O)C2)c1. The number of nitrogens with one attached hydrogen (secondary N) is 1. The van der Waals surface area contributed by atoms with Gasteiger partial charge in [0.1, 0.15) is 0 Å². The number of carboxylic acid groups (broad SMARTS) is 1. The summed E-state index contributed by atoms with van der Waals surface area (Å²) >= 11 is 0. The first-order valence-electron chi connectivity index (χ1n) is 6.88. The Morgan fingerprint density at radius 1 is 1.41 bits per heavy atom. The zero-order valence-electron chi connectivity index (χ0n) is 12.2. The Morgan fingerprint density at radius 2 is 2.18 bits per heavy atom. The van der Waals surface area contributed by atoms with Gasteiger partial charge in [0.25, 0.3) is 5.91 Å². The van der Waals surface area contributed by atoms with Crippen molar-refractivity contribution in [2.75, 3.05) is 20.1 Å². The number of aliphatic carboxylic acids is 1. The summed E-state index contributed by atoms with van der Waals surface area (Å²) in [5, 5.41) is 11.4. The summed E-state index contributed by atoms with van der Waals surface area (Å²) in [7, 11) is 1.53. The number of nitrogens with zero attached hydrogens (tertiary/aromatic N) is 2. The van der Waals surface area contributed by atoms with Crippen LogP contribution in [0.5, 0.6) is 0 Å². The smallest absolute Gasteiger partial charge is 0.308 e. The fourth-order valence-corrected chi connectivity index (χ4v) is 2.25. The fraction of sp³-hybridized carbons (Fsp3) is 0.333. The van der Waals surface area contributed by atoms with Crippen molar-refractivity contribution in [1.29, 1.82) is 0 Å². The molecule has 2 rings (SSSR count). The number of hydrogen-bond acceptors (Lipinski definition) is 4. The number of rotatable bonds is 4. The minimum absolute atomic E-state index is 0.231. The van der Waals surface area contributed by atoms with E-state index in [0.717, 1.165) is 0 Å². The van der Waals surface area contributed by atoms with E-state index in [1.54, 1.807) is 18.3 Å². The molecule has 116 valence electrons. The maximum atomic E-state index is 12.0. The zero-order chi connectivity index (χ0) is 16.1. The van der Waals surface area contributed by atoms with Crippen LogP contribution >= 0.6 is 0 Å². The highest BCUT2D eigenvalue weighted by atomic mass is 16.4. The van der Waals surface area contributed by atoms with Crippen LogP contribution in [-0.4, -0.2) is 52.9 Å². The summed E-state index contributed by atoms with van der Waals surface area (Å²) in [5.74, 6) is -1.86. The van der Waals surface area contributed by atoms with E-state index in [1.165, 1.54) is 24.2 Å². The Bertz CT molecular complexity index is 627. The van der Waals surface area contributed by atoms with Crippen LogP contribution in [0.2, 0.25) is 0 Å². The van der Waals surface area contributed by atoms with E-state index in [4.69, 9.17) is 5.11 Å². The topological polar surface area (TPSA) is 99.6 Å². The van der Waals surface area contributed by atoms with Gasteiger partial charge in [-0.3, -0.25) is 19.4 Å². The number of amides is 2. The second-order valence-electron chi connectivity index (χ2n) is 5.03. The van der Waals surface area contributed by atoms with E-state index in [2.05, 4.69) is 10.3 Å². The molecular weight excluding hydrogens is 286 g/mol. The lowest BCUT2D eigenvalue weighted by Gasteiger charge is -2.12. The molecule has 2 N–H and O–H groups in total. The van der Waals surface area contributed by atoms with Crippen molar-refractivity contribution < 1.29 is 19.5 Å². The quantitative estimate of drug-likeness (QED) is 0.784. The van der Waals surface area contributed by atoms with Gasteiger partial charge >= 0.3 is 5.97 Å². The van der Waals surface area contributed by atoms with Crippen molar-refractivity contribution >= 4 is 23.9 Å². The fourth-order valence-electron chi connectivity index (χ4n) is 2.25. The standard InChI is InChI=1S/C15H17N3O4/c1-16-14(20)12-6-10(7-17-8-12)2-3-13(19)18-5-4-11(9-18)15(21)22/h2-3,6-8,11H,4-5,9H2,1H3,(H,16,20)(H,21,22). The molecule has 1 saturated heterocycles. The van der Waals surface area contributed by atoms with E-state index in [0.29, 0.717) is 24.1 Å². The first-order chi connectivity index (χ1) is 10.5. The Kier molecular flexibility index (Phi) is 4.88. The van der Waals surface area contributed by atoms with Crippen LogP contribution in [0.4, 0.5) is 0 Å². The molecule has 0 saturated carbocycles. The summed E-state index contributed by atoms with van der Waals surface area (Å²) in [6.07, 6.45) is 6.39. The van der Waals surface area contributed by atoms with Crippen molar-refractivity contribution in [3.8, 4) is 0 Å². The van der Waals surface area contributed by atoms with Gasteiger partial charge in [-0.05, 0) is 24.1 Å². The number of aromatic nitrogens is 1. The molecule has 0 bridgehead atoms. The molecule has 1 atom stereocenters. The highest BCUT2D eigenvalue weighted by Gasteiger charge is 2.29. The first kappa shape index (κ1) is 15.7. The van der Waals surface area contributed by atoms with Gasteiger partial charge in [-0.1, -0.05) is 0 Å². The Labute approximate surface area is 127 Å². The summed E-state index contributed by atoms with van der Waals surface area (Å²) in [6, 6.07) is 1.62. The molecule has 1 aromatic rings. The zero-order valence-corrected chi connectivity index (χ0v) is 12.2. The van der Waals surface area contributed by atoms with E-state index in [1.807, 2.05) is 0 Å². The molecule has 1 fully saturated rings. The maximum Gasteiger partial charge on any atom is 0.308 e. The predicted octanol–water partition coefficient (Wildman–Crippen LogP) is 0.387. The second kappa shape index (κ2) is 6.84. The van der Waals surface area contributed by atoms with E-state index in [-0.39, 0.29) is 18.4 Å². The van der Waals surface area contributed by atoms with Crippen molar-refractivity contribution in [1.82, 2.24) is 15.2 Å². The molecule has 1 aliphatic heterocycles. The number of carbonyl (C=O) groups is 3. The monoisotopic (exact) mass is 303 g/mol. The molecule has 0 radical (unpaired) electrons. The van der Waals surface area contributed by atoms with E-state index < -0.39 is 11.9 Å². The molecule has 1 aromatic heterocycles. The van der Waals surface area contributed by atoms with Crippen molar-refractivity contribution in [3.05, 3.63) is 35.7 Å². The number of likely N-dealkylation sites (tertiary alicyclic amines) is 1. The van der Waals surface area contributed by atoms with Gasteiger partial charge in [0.15, 0.2) is 0 Å². The molecule has 7 heteroatoms. The van der Waals surface area contributed by atoms with Crippen LogP contribution in [0, 0.1) is 5.92 Å². The van der Waals surface area contributed by atoms with Gasteiger partial charge in [-0.25, -0.2) is 0 Å². The molecule has 1 unspecified atom stereocenters. The van der Waals surface area contributed by atoms with Crippen LogP contribution in [0.1, 0.15) is 22.3 Å². The van der Waals surface area contributed by atoms with Crippen LogP contribution in [0.25, 0.3) is 6.08 Å². The van der Waals surface area contributed by atoms with Gasteiger partial charge in [0.2, 0.25) is 5.91 Å². The van der Waals surface area contributed by atoms with Gasteiger partial charge in [-0.15, -0.1) is 0 Å². The maximum absolute atomic E-state index is 12.0. The third-order valence-corrected chi connectivity index (χ3v) is 3.52. The van der Waals surface area contributed by atoms with Crippen LogP contribution in [-0.2, 0) is 9.59 Å². The summed E-state index contributed by atoms with van der Waals surface area (Å²) in [4.78, 5) is 39.8. The third kappa shape index (κ3) is 3.69. The van der Waals surface area contributed by atoms with E-state index >= 15 is 0 Å².